The first kappa shape index (κ1) is 16.6. The summed E-state index contributed by atoms with van der Waals surface area (Å²) in [6, 6.07) is 7.24. The van der Waals surface area contributed by atoms with Crippen molar-refractivity contribution in [1.82, 2.24) is 0 Å². The molecule has 2 nitrogen and oxygen atoms in total. The lowest BCUT2D eigenvalue weighted by Crippen LogP contribution is -2.11. The average Bonchev–Trinajstić information content (AvgIpc) is 2.44. The van der Waals surface area contributed by atoms with Crippen LogP contribution in [0.1, 0.15) is 11.1 Å². The summed E-state index contributed by atoms with van der Waals surface area (Å²) < 4.78 is 49.7. The maximum atomic E-state index is 12.7. The molecular formula is C14H8F4N2S. The van der Waals surface area contributed by atoms with Crippen molar-refractivity contribution in [3.63, 3.8) is 0 Å². The van der Waals surface area contributed by atoms with Crippen molar-refractivity contribution in [2.75, 3.05) is 0 Å². The maximum Gasteiger partial charge on any atom is 0.141 e. The molecule has 2 aromatic rings. The van der Waals surface area contributed by atoms with E-state index in [0.29, 0.717) is 0 Å². The van der Waals surface area contributed by atoms with Crippen LogP contribution in [0.3, 0.4) is 0 Å². The first-order chi connectivity index (χ1) is 9.85. The molecule has 0 fully saturated rings. The highest BCUT2D eigenvalue weighted by molar-refractivity contribution is 7.80. The van der Waals surface area contributed by atoms with Crippen molar-refractivity contribution in [1.29, 1.82) is 5.26 Å². The standard InChI is InChI=1S/C7H5F2NS.C7H3F2N/c8-4-1-2-6(9)5(3-4)7(10)11;8-6-1-2-7(9)5(3-6)4-10/h1-3H,(H2,10,11);1-3H. The van der Waals surface area contributed by atoms with Crippen LogP contribution in [-0.2, 0) is 0 Å². The molecule has 0 unspecified atom stereocenters. The van der Waals surface area contributed by atoms with Gasteiger partial charge in [-0.05, 0) is 36.4 Å². The van der Waals surface area contributed by atoms with Gasteiger partial charge in [0.2, 0.25) is 0 Å². The molecule has 0 aliphatic rings. The van der Waals surface area contributed by atoms with Gasteiger partial charge in [-0.3, -0.25) is 0 Å². The second kappa shape index (κ2) is 7.36. The molecule has 7 heteroatoms. The molecule has 0 bridgehead atoms. The maximum absolute atomic E-state index is 12.7. The van der Waals surface area contributed by atoms with Gasteiger partial charge >= 0.3 is 0 Å². The number of hydrogen-bond donors (Lipinski definition) is 1. The number of nitrogens with two attached hydrogens (primary N) is 1. The van der Waals surface area contributed by atoms with E-state index in [2.05, 4.69) is 12.2 Å². The fraction of sp³-hybridized carbons (Fsp3) is 0. The van der Waals surface area contributed by atoms with Crippen molar-refractivity contribution in [3.05, 3.63) is 70.8 Å². The predicted octanol–water partition coefficient (Wildman–Crippen LogP) is 3.44. The first-order valence-corrected chi connectivity index (χ1v) is 5.86. The minimum Gasteiger partial charge on any atom is -0.389 e. The average molecular weight is 312 g/mol. The van der Waals surface area contributed by atoms with E-state index in [1.54, 1.807) is 0 Å². The summed E-state index contributed by atoms with van der Waals surface area (Å²) in [5.41, 5.74) is 4.79. The molecule has 0 saturated carbocycles. The third kappa shape index (κ3) is 4.85. The third-order valence-electron chi connectivity index (χ3n) is 2.24. The Hall–Kier alpha value is -2.46. The van der Waals surface area contributed by atoms with Crippen LogP contribution in [0.5, 0.6) is 0 Å². The molecule has 0 saturated heterocycles. The molecule has 0 aromatic heterocycles. The number of rotatable bonds is 1. The van der Waals surface area contributed by atoms with Crippen LogP contribution in [0.4, 0.5) is 17.6 Å². The molecule has 0 amide bonds. The third-order valence-corrected chi connectivity index (χ3v) is 2.46. The fourth-order valence-electron chi connectivity index (χ4n) is 1.27. The number of nitrogens with zero attached hydrogens (tertiary/aromatic N) is 1. The van der Waals surface area contributed by atoms with Gasteiger partial charge in [0.05, 0.1) is 5.56 Å². The lowest BCUT2D eigenvalue weighted by atomic mass is 10.2. The van der Waals surface area contributed by atoms with E-state index in [9.17, 15) is 17.6 Å². The Morgan fingerprint density at radius 3 is 1.90 bits per heavy atom. The highest BCUT2D eigenvalue weighted by Gasteiger charge is 2.04. The van der Waals surface area contributed by atoms with Gasteiger partial charge in [-0.1, -0.05) is 12.2 Å². The van der Waals surface area contributed by atoms with Gasteiger partial charge in [0.1, 0.15) is 34.3 Å². The van der Waals surface area contributed by atoms with E-state index in [1.165, 1.54) is 6.07 Å². The second-order valence-corrected chi connectivity index (χ2v) is 4.16. The summed E-state index contributed by atoms with van der Waals surface area (Å²) in [5, 5.41) is 8.19. The summed E-state index contributed by atoms with van der Waals surface area (Å²) in [4.78, 5) is -0.137. The summed E-state index contributed by atoms with van der Waals surface area (Å²) >= 11 is 4.48. The van der Waals surface area contributed by atoms with E-state index in [4.69, 9.17) is 11.0 Å². The van der Waals surface area contributed by atoms with Crippen molar-refractivity contribution in [3.8, 4) is 6.07 Å². The molecule has 21 heavy (non-hydrogen) atoms. The lowest BCUT2D eigenvalue weighted by molar-refractivity contribution is 0.597. The minimum atomic E-state index is -0.691. The Morgan fingerprint density at radius 1 is 0.952 bits per heavy atom. The van der Waals surface area contributed by atoms with Crippen molar-refractivity contribution < 1.29 is 17.6 Å². The Labute approximate surface area is 123 Å². The topological polar surface area (TPSA) is 49.8 Å². The molecule has 2 aromatic carbocycles. The van der Waals surface area contributed by atoms with E-state index in [1.807, 2.05) is 0 Å². The zero-order valence-corrected chi connectivity index (χ0v) is 11.2. The monoisotopic (exact) mass is 312 g/mol. The van der Waals surface area contributed by atoms with Gasteiger partial charge < -0.3 is 5.73 Å². The van der Waals surface area contributed by atoms with Gasteiger partial charge in [-0.25, -0.2) is 17.6 Å². The molecule has 0 aliphatic carbocycles. The fourth-order valence-corrected chi connectivity index (χ4v) is 1.43. The Kier molecular flexibility index (Phi) is 5.81. The summed E-state index contributed by atoms with van der Waals surface area (Å²) in [6.45, 7) is 0. The van der Waals surface area contributed by atoms with Gasteiger partial charge in [0.15, 0.2) is 0 Å². The van der Waals surface area contributed by atoms with Gasteiger partial charge in [0.25, 0.3) is 0 Å². The summed E-state index contributed by atoms with van der Waals surface area (Å²) in [6.07, 6.45) is 0. The lowest BCUT2D eigenvalue weighted by Gasteiger charge is -1.98. The number of hydrogen-bond acceptors (Lipinski definition) is 2. The molecule has 2 rings (SSSR count). The number of halogens is 4. The number of thiocarbonyl (C=S) groups is 1. The Bertz CT molecular complexity index is 711. The van der Waals surface area contributed by atoms with Crippen LogP contribution in [-0.4, -0.2) is 4.99 Å². The molecule has 108 valence electrons. The van der Waals surface area contributed by atoms with Crippen molar-refractivity contribution in [2.24, 2.45) is 5.73 Å². The molecular weight excluding hydrogens is 304 g/mol. The Morgan fingerprint density at radius 2 is 1.48 bits per heavy atom. The largest absolute Gasteiger partial charge is 0.389 e. The van der Waals surface area contributed by atoms with E-state index >= 15 is 0 Å². The Balaban J connectivity index is 0.000000211. The number of nitriles is 1. The highest BCUT2D eigenvalue weighted by Crippen LogP contribution is 2.09. The SMILES string of the molecule is N#Cc1cc(F)ccc1F.NC(=S)c1cc(F)ccc1F. The van der Waals surface area contributed by atoms with E-state index < -0.39 is 23.3 Å². The van der Waals surface area contributed by atoms with Crippen LogP contribution >= 0.6 is 12.2 Å². The van der Waals surface area contributed by atoms with E-state index in [-0.39, 0.29) is 16.1 Å². The van der Waals surface area contributed by atoms with E-state index in [0.717, 1.165) is 36.4 Å². The molecule has 0 aliphatic heterocycles. The minimum absolute atomic E-state index is 0.0556. The molecule has 2 N–H and O–H groups in total. The highest BCUT2D eigenvalue weighted by atomic mass is 32.1. The van der Waals surface area contributed by atoms with Crippen LogP contribution in [0.15, 0.2) is 36.4 Å². The van der Waals surface area contributed by atoms with Crippen LogP contribution in [0, 0.1) is 34.6 Å². The molecule has 0 spiro atoms. The van der Waals surface area contributed by atoms with Crippen LogP contribution in [0.2, 0.25) is 0 Å². The van der Waals surface area contributed by atoms with Gasteiger partial charge in [-0.15, -0.1) is 0 Å². The van der Waals surface area contributed by atoms with Crippen molar-refractivity contribution >= 4 is 17.2 Å². The molecule has 0 radical (unpaired) electrons. The van der Waals surface area contributed by atoms with Gasteiger partial charge in [-0.2, -0.15) is 5.26 Å². The first-order valence-electron chi connectivity index (χ1n) is 5.45. The zero-order valence-electron chi connectivity index (χ0n) is 10.4. The summed E-state index contributed by atoms with van der Waals surface area (Å²) in [5.74, 6) is -2.44. The number of benzene rings is 2. The van der Waals surface area contributed by atoms with Crippen LogP contribution < -0.4 is 5.73 Å². The van der Waals surface area contributed by atoms with Crippen molar-refractivity contribution in [2.45, 2.75) is 0 Å². The summed E-state index contributed by atoms with van der Waals surface area (Å²) in [7, 11) is 0. The van der Waals surface area contributed by atoms with Crippen LogP contribution in [0.25, 0.3) is 0 Å². The quantitative estimate of drug-likeness (QED) is 0.648. The smallest absolute Gasteiger partial charge is 0.141 e. The molecule has 0 atom stereocenters. The zero-order chi connectivity index (χ0) is 16.0. The predicted molar refractivity (Wildman–Crippen MR) is 73.3 cm³/mol. The molecule has 0 heterocycles. The normalized spacial score (nSPS) is 9.29. The second-order valence-electron chi connectivity index (χ2n) is 3.72. The van der Waals surface area contributed by atoms with Gasteiger partial charge in [0, 0.05) is 5.56 Å².